The molecule has 0 atom stereocenters. The number of piperazine rings is 1. The molecule has 0 spiro atoms. The van der Waals surface area contributed by atoms with Crippen molar-refractivity contribution in [3.63, 3.8) is 0 Å². The number of hydrogen-bond acceptors (Lipinski definition) is 6. The van der Waals surface area contributed by atoms with Crippen LogP contribution in [0.2, 0.25) is 0 Å². The molecule has 0 aromatic rings. The van der Waals surface area contributed by atoms with E-state index in [1.54, 1.807) is 11.1 Å². The zero-order valence-electron chi connectivity index (χ0n) is 13.0. The number of carbonyl (C=O) groups is 1. The van der Waals surface area contributed by atoms with Crippen LogP contribution in [0.1, 0.15) is 13.8 Å². The summed E-state index contributed by atoms with van der Waals surface area (Å²) < 4.78 is 22.2. The molecule has 0 saturated carbocycles. The molecule has 0 aliphatic carbocycles. The molecular weight excluding hydrogens is 294 g/mol. The van der Waals surface area contributed by atoms with Crippen LogP contribution in [-0.2, 0) is 19.5 Å². The average Bonchev–Trinajstić information content (AvgIpc) is 2.36. The summed E-state index contributed by atoms with van der Waals surface area (Å²) in [5.41, 5.74) is 0. The lowest BCUT2D eigenvalue weighted by molar-refractivity contribution is -0.130. The highest BCUT2D eigenvalue weighted by Crippen LogP contribution is 2.03. The van der Waals surface area contributed by atoms with Gasteiger partial charge in [0.2, 0.25) is 5.91 Å². The fourth-order valence-corrected chi connectivity index (χ4v) is 2.55. The van der Waals surface area contributed by atoms with Crippen LogP contribution in [0.15, 0.2) is 5.16 Å². The van der Waals surface area contributed by atoms with Gasteiger partial charge < -0.3 is 9.74 Å². The second-order valence-electron chi connectivity index (χ2n) is 5.62. The Labute approximate surface area is 126 Å². The number of nitrogens with zero attached hydrogens (tertiary/aromatic N) is 3. The molecule has 0 N–H and O–H groups in total. The van der Waals surface area contributed by atoms with Crippen molar-refractivity contribution in [1.29, 1.82) is 0 Å². The first kappa shape index (κ1) is 17.9. The molecule has 1 rings (SSSR count). The van der Waals surface area contributed by atoms with Gasteiger partial charge in [-0.05, 0) is 5.92 Å². The lowest BCUT2D eigenvalue weighted by Crippen LogP contribution is -2.50. The Bertz CT molecular complexity index is 454. The van der Waals surface area contributed by atoms with Crippen LogP contribution in [0.25, 0.3) is 0 Å². The van der Waals surface area contributed by atoms with Gasteiger partial charge in [0.1, 0.15) is 12.4 Å². The average molecular weight is 319 g/mol. The predicted molar refractivity (Wildman–Crippen MR) is 82.0 cm³/mol. The summed E-state index contributed by atoms with van der Waals surface area (Å²) in [6.07, 6.45) is 2.83. The molecular formula is C13H25N3O4S. The molecule has 8 heteroatoms. The van der Waals surface area contributed by atoms with Crippen molar-refractivity contribution in [3.05, 3.63) is 0 Å². The number of oxime groups is 1. The zero-order valence-corrected chi connectivity index (χ0v) is 13.8. The van der Waals surface area contributed by atoms with Gasteiger partial charge in [-0.15, -0.1) is 0 Å². The van der Waals surface area contributed by atoms with E-state index in [1.807, 2.05) is 13.8 Å². The predicted octanol–water partition coefficient (Wildman–Crippen LogP) is -0.166. The number of carbonyl (C=O) groups excluding carboxylic acids is 1. The van der Waals surface area contributed by atoms with Crippen molar-refractivity contribution in [2.45, 2.75) is 13.8 Å². The molecule has 1 heterocycles. The molecule has 1 amide bonds. The Morgan fingerprint density at radius 1 is 1.29 bits per heavy atom. The Morgan fingerprint density at radius 3 is 2.43 bits per heavy atom. The van der Waals surface area contributed by atoms with Gasteiger partial charge in [0.15, 0.2) is 9.84 Å². The van der Waals surface area contributed by atoms with Crippen LogP contribution in [0.4, 0.5) is 0 Å². The minimum atomic E-state index is -3.25. The van der Waals surface area contributed by atoms with Gasteiger partial charge in [-0.2, -0.15) is 0 Å². The largest absolute Gasteiger partial charge is 0.395 e. The van der Waals surface area contributed by atoms with Crippen LogP contribution >= 0.6 is 0 Å². The maximum Gasteiger partial charge on any atom is 0.237 e. The maximum atomic E-state index is 11.8. The molecule has 0 unspecified atom stereocenters. The van der Waals surface area contributed by atoms with Gasteiger partial charge >= 0.3 is 0 Å². The molecule has 0 radical (unpaired) electrons. The highest BCUT2D eigenvalue weighted by atomic mass is 32.2. The van der Waals surface area contributed by atoms with Crippen LogP contribution in [0.5, 0.6) is 0 Å². The normalized spacial score (nSPS) is 17.6. The van der Waals surface area contributed by atoms with Crippen molar-refractivity contribution in [3.8, 4) is 0 Å². The summed E-state index contributed by atoms with van der Waals surface area (Å²) >= 11 is 0. The van der Waals surface area contributed by atoms with Crippen molar-refractivity contribution >= 4 is 22.0 Å². The van der Waals surface area contributed by atoms with Gasteiger partial charge in [0.25, 0.3) is 0 Å². The number of rotatable bonds is 7. The summed E-state index contributed by atoms with van der Waals surface area (Å²) in [7, 11) is -3.25. The minimum absolute atomic E-state index is 0.310. The minimum Gasteiger partial charge on any atom is -0.395 e. The maximum absolute atomic E-state index is 11.8. The standard InChI is InChI=1S/C13H25N3O4S/c1-12(2)10-14-20-9-8-15-4-6-16(7-5-15)13(17)11-21(3,18)19/h10,12H,4-9,11H2,1-3H3/b14-10+. The van der Waals surface area contributed by atoms with Crippen LogP contribution in [0, 0.1) is 5.92 Å². The van der Waals surface area contributed by atoms with Gasteiger partial charge in [-0.1, -0.05) is 19.0 Å². The van der Waals surface area contributed by atoms with Gasteiger partial charge in [0.05, 0.1) is 0 Å². The Balaban J connectivity index is 2.22. The molecule has 0 aromatic carbocycles. The van der Waals surface area contributed by atoms with Gasteiger partial charge in [-0.25, -0.2) is 8.42 Å². The van der Waals surface area contributed by atoms with E-state index in [-0.39, 0.29) is 5.91 Å². The summed E-state index contributed by atoms with van der Waals surface area (Å²) in [6.45, 7) is 7.90. The van der Waals surface area contributed by atoms with Crippen LogP contribution in [-0.4, -0.2) is 81.7 Å². The van der Waals surface area contributed by atoms with Crippen molar-refractivity contribution < 1.29 is 18.0 Å². The monoisotopic (exact) mass is 319 g/mol. The SMILES string of the molecule is CC(C)/C=N/OCCN1CCN(C(=O)CS(C)(=O)=O)CC1. The highest BCUT2D eigenvalue weighted by molar-refractivity contribution is 7.91. The van der Waals surface area contributed by atoms with E-state index in [4.69, 9.17) is 4.84 Å². The first-order valence-electron chi connectivity index (χ1n) is 7.11. The second-order valence-corrected chi connectivity index (χ2v) is 7.76. The number of sulfone groups is 1. The van der Waals surface area contributed by atoms with E-state index in [1.165, 1.54) is 0 Å². The van der Waals surface area contributed by atoms with E-state index >= 15 is 0 Å². The van der Waals surface area contributed by atoms with Crippen LogP contribution in [0.3, 0.4) is 0 Å². The number of amides is 1. The fraction of sp³-hybridized carbons (Fsp3) is 0.846. The van der Waals surface area contributed by atoms with E-state index in [2.05, 4.69) is 10.1 Å². The molecule has 1 aliphatic heterocycles. The molecule has 1 aliphatic rings. The molecule has 1 saturated heterocycles. The van der Waals surface area contributed by atoms with E-state index < -0.39 is 15.6 Å². The molecule has 21 heavy (non-hydrogen) atoms. The van der Waals surface area contributed by atoms with Crippen molar-refractivity contribution in [2.75, 3.05) is 51.3 Å². The van der Waals surface area contributed by atoms with E-state index in [9.17, 15) is 13.2 Å². The third-order valence-corrected chi connectivity index (χ3v) is 3.81. The molecule has 122 valence electrons. The van der Waals surface area contributed by atoms with Gasteiger partial charge in [-0.3, -0.25) is 9.69 Å². The lowest BCUT2D eigenvalue weighted by atomic mass is 10.3. The van der Waals surface area contributed by atoms with Gasteiger partial charge in [0, 0.05) is 45.2 Å². The third-order valence-electron chi connectivity index (χ3n) is 3.04. The molecule has 0 bridgehead atoms. The van der Waals surface area contributed by atoms with E-state index in [0.29, 0.717) is 25.6 Å². The lowest BCUT2D eigenvalue weighted by Gasteiger charge is -2.34. The molecule has 7 nitrogen and oxygen atoms in total. The summed E-state index contributed by atoms with van der Waals surface area (Å²) in [5.74, 6) is -0.343. The fourth-order valence-electron chi connectivity index (χ4n) is 1.92. The Kier molecular flexibility index (Phi) is 7.10. The Morgan fingerprint density at radius 2 is 1.90 bits per heavy atom. The summed E-state index contributed by atoms with van der Waals surface area (Å²) in [5, 5.41) is 3.86. The summed E-state index contributed by atoms with van der Waals surface area (Å²) in [4.78, 5) is 20.7. The first-order chi connectivity index (χ1) is 9.78. The van der Waals surface area contributed by atoms with Crippen molar-refractivity contribution in [1.82, 2.24) is 9.80 Å². The third kappa shape index (κ3) is 8.01. The topological polar surface area (TPSA) is 79.3 Å². The van der Waals surface area contributed by atoms with Crippen molar-refractivity contribution in [2.24, 2.45) is 11.1 Å². The Hall–Kier alpha value is -1.15. The second kappa shape index (κ2) is 8.33. The van der Waals surface area contributed by atoms with Crippen LogP contribution < -0.4 is 0 Å². The molecule has 0 aromatic heterocycles. The quantitative estimate of drug-likeness (QED) is 0.370. The van der Waals surface area contributed by atoms with E-state index in [0.717, 1.165) is 25.9 Å². The number of hydrogen-bond donors (Lipinski definition) is 0. The summed E-state index contributed by atoms with van der Waals surface area (Å²) in [6, 6.07) is 0. The smallest absolute Gasteiger partial charge is 0.237 e. The zero-order chi connectivity index (χ0) is 15.9. The molecule has 1 fully saturated rings. The first-order valence-corrected chi connectivity index (χ1v) is 9.17. The highest BCUT2D eigenvalue weighted by Gasteiger charge is 2.23.